The molecule has 0 saturated heterocycles. The Bertz CT molecular complexity index is 681. The van der Waals surface area contributed by atoms with Crippen molar-refractivity contribution in [2.24, 2.45) is 0 Å². The Balaban J connectivity index is 2.40. The van der Waals surface area contributed by atoms with Crippen LogP contribution in [0.15, 0.2) is 35.5 Å². The first kappa shape index (κ1) is 14.3. The monoisotopic (exact) mass is 295 g/mol. The topological polar surface area (TPSA) is 94.1 Å². The van der Waals surface area contributed by atoms with Crippen LogP contribution >= 0.6 is 0 Å². The van der Waals surface area contributed by atoms with Crippen LogP contribution < -0.4 is 10.0 Å². The minimum Gasteiger partial charge on any atom is -0.381 e. The smallest absolute Gasteiger partial charge is 0.270 e. The van der Waals surface area contributed by atoms with Gasteiger partial charge in [-0.1, -0.05) is 13.0 Å². The third kappa shape index (κ3) is 2.60. The van der Waals surface area contributed by atoms with E-state index in [1.165, 1.54) is 24.1 Å². The second-order valence-corrected chi connectivity index (χ2v) is 6.24. The zero-order valence-electron chi connectivity index (χ0n) is 11.4. The van der Waals surface area contributed by atoms with Crippen LogP contribution in [0.5, 0.6) is 0 Å². The number of sulfonamides is 1. The minimum atomic E-state index is -3.76. The zero-order valence-corrected chi connectivity index (χ0v) is 12.2. The van der Waals surface area contributed by atoms with Crippen molar-refractivity contribution in [2.45, 2.75) is 24.8 Å². The zero-order chi connectivity index (χ0) is 14.8. The first-order valence-corrected chi connectivity index (χ1v) is 7.63. The summed E-state index contributed by atoms with van der Waals surface area (Å²) >= 11 is 0. The summed E-state index contributed by atoms with van der Waals surface area (Å²) in [7, 11) is -2.32. The molecule has 0 saturated carbocycles. The van der Waals surface area contributed by atoms with Crippen molar-refractivity contribution in [3.8, 4) is 0 Å². The summed E-state index contributed by atoms with van der Waals surface area (Å²) in [6.45, 7) is 2.60. The van der Waals surface area contributed by atoms with Gasteiger partial charge in [-0.3, -0.25) is 8.99 Å². The molecule has 2 aromatic heterocycles. The van der Waals surface area contributed by atoms with Crippen LogP contribution in [0.1, 0.15) is 13.3 Å². The lowest BCUT2D eigenvalue weighted by atomic mass is 10.5. The van der Waals surface area contributed by atoms with E-state index in [2.05, 4.69) is 10.1 Å². The predicted octanol–water partition coefficient (Wildman–Crippen LogP) is 1.10. The molecule has 0 aliphatic heterocycles. The van der Waals surface area contributed by atoms with E-state index >= 15 is 0 Å². The van der Waals surface area contributed by atoms with Gasteiger partial charge in [0.15, 0.2) is 5.82 Å². The number of hydrogen-bond acceptors (Lipinski definition) is 5. The molecule has 108 valence electrons. The molecular weight excluding hydrogens is 278 g/mol. The quantitative estimate of drug-likeness (QED) is 0.891. The van der Waals surface area contributed by atoms with Crippen LogP contribution in [0, 0.1) is 0 Å². The molecule has 7 nitrogen and oxygen atoms in total. The molecule has 0 bridgehead atoms. The van der Waals surface area contributed by atoms with Gasteiger partial charge >= 0.3 is 0 Å². The van der Waals surface area contributed by atoms with Gasteiger partial charge in [-0.25, -0.2) is 13.4 Å². The summed E-state index contributed by atoms with van der Waals surface area (Å²) in [5.41, 5.74) is 5.72. The van der Waals surface area contributed by atoms with Crippen molar-refractivity contribution in [2.75, 3.05) is 17.1 Å². The van der Waals surface area contributed by atoms with Crippen LogP contribution in [-0.4, -0.2) is 30.2 Å². The van der Waals surface area contributed by atoms with Gasteiger partial charge in [0, 0.05) is 26.0 Å². The highest BCUT2D eigenvalue weighted by molar-refractivity contribution is 7.93. The summed E-state index contributed by atoms with van der Waals surface area (Å²) in [5.74, 6) is 0.330. The Hall–Kier alpha value is -2.09. The Labute approximate surface area is 118 Å². The van der Waals surface area contributed by atoms with E-state index in [1.54, 1.807) is 18.2 Å². The number of aromatic nitrogens is 3. The molecule has 20 heavy (non-hydrogen) atoms. The molecule has 0 atom stereocenters. The molecule has 0 radical (unpaired) electrons. The van der Waals surface area contributed by atoms with Crippen molar-refractivity contribution in [3.63, 3.8) is 0 Å². The lowest BCUT2D eigenvalue weighted by Gasteiger charge is -2.17. The predicted molar refractivity (Wildman–Crippen MR) is 76.8 cm³/mol. The molecule has 0 aliphatic carbocycles. The van der Waals surface area contributed by atoms with Crippen molar-refractivity contribution >= 4 is 21.7 Å². The van der Waals surface area contributed by atoms with Crippen LogP contribution in [-0.2, 0) is 16.6 Å². The molecule has 8 heteroatoms. The summed E-state index contributed by atoms with van der Waals surface area (Å²) in [5, 5.41) is 4.01. The van der Waals surface area contributed by atoms with E-state index in [-0.39, 0.29) is 10.7 Å². The average Bonchev–Trinajstić information content (AvgIpc) is 2.81. The Morgan fingerprint density at radius 1 is 1.40 bits per heavy atom. The number of nitrogens with two attached hydrogens (primary N) is 1. The fourth-order valence-corrected chi connectivity index (χ4v) is 2.98. The third-order valence-corrected chi connectivity index (χ3v) is 4.60. The summed E-state index contributed by atoms with van der Waals surface area (Å²) in [6, 6.07) is 5.06. The molecule has 2 aromatic rings. The van der Waals surface area contributed by atoms with Crippen molar-refractivity contribution in [3.05, 3.63) is 30.6 Å². The largest absolute Gasteiger partial charge is 0.381 e. The van der Waals surface area contributed by atoms with Gasteiger partial charge in [-0.15, -0.1) is 0 Å². The van der Waals surface area contributed by atoms with E-state index in [0.29, 0.717) is 12.4 Å². The van der Waals surface area contributed by atoms with E-state index < -0.39 is 10.0 Å². The van der Waals surface area contributed by atoms with Crippen LogP contribution in [0.2, 0.25) is 0 Å². The number of nitrogen functional groups attached to an aromatic ring is 1. The molecule has 2 heterocycles. The highest BCUT2D eigenvalue weighted by Crippen LogP contribution is 2.23. The maximum absolute atomic E-state index is 12.5. The number of rotatable bonds is 5. The lowest BCUT2D eigenvalue weighted by molar-refractivity contribution is 0.590. The van der Waals surface area contributed by atoms with Crippen molar-refractivity contribution in [1.29, 1.82) is 0 Å². The number of anilines is 2. The maximum atomic E-state index is 12.5. The minimum absolute atomic E-state index is 0.000830. The molecule has 0 unspecified atom stereocenters. The van der Waals surface area contributed by atoms with Crippen LogP contribution in [0.4, 0.5) is 11.6 Å². The van der Waals surface area contributed by atoms with E-state index in [9.17, 15) is 8.42 Å². The fraction of sp³-hybridized carbons (Fsp3) is 0.333. The van der Waals surface area contributed by atoms with Gasteiger partial charge in [0.05, 0.1) is 0 Å². The normalized spacial score (nSPS) is 11.5. The summed E-state index contributed by atoms with van der Waals surface area (Å²) in [4.78, 5) is 4.02. The maximum Gasteiger partial charge on any atom is 0.270 e. The first-order valence-electron chi connectivity index (χ1n) is 6.19. The highest BCUT2D eigenvalue weighted by atomic mass is 32.2. The molecule has 2 N–H and O–H groups in total. The third-order valence-electron chi connectivity index (χ3n) is 2.82. The number of pyridine rings is 1. The number of aryl methyl sites for hydroxylation is 1. The second-order valence-electron chi connectivity index (χ2n) is 4.30. The molecule has 0 spiro atoms. The molecule has 0 amide bonds. The molecule has 0 aromatic carbocycles. The summed E-state index contributed by atoms with van der Waals surface area (Å²) in [6.07, 6.45) is 3.83. The molecule has 2 rings (SSSR count). The van der Waals surface area contributed by atoms with Gasteiger partial charge in [-0.2, -0.15) is 5.10 Å². The Morgan fingerprint density at radius 3 is 2.75 bits per heavy atom. The van der Waals surface area contributed by atoms with Crippen LogP contribution in [0.25, 0.3) is 0 Å². The average molecular weight is 295 g/mol. The van der Waals surface area contributed by atoms with E-state index in [4.69, 9.17) is 5.73 Å². The van der Waals surface area contributed by atoms with Gasteiger partial charge in [-0.05, 0) is 18.6 Å². The number of hydrogen-bond donors (Lipinski definition) is 1. The Kier molecular flexibility index (Phi) is 3.93. The number of nitrogens with zero attached hydrogens (tertiary/aromatic N) is 4. The standard InChI is InChI=1S/C12H17N5O2S/c1-3-8-17-9-10(12(13)15-17)20(18,19)16(2)11-6-4-5-7-14-11/h4-7,9H,3,8H2,1-2H3,(H2,13,15). The van der Waals surface area contributed by atoms with Gasteiger partial charge in [0.2, 0.25) is 0 Å². The van der Waals surface area contributed by atoms with Crippen LogP contribution in [0.3, 0.4) is 0 Å². The Morgan fingerprint density at radius 2 is 2.15 bits per heavy atom. The van der Waals surface area contributed by atoms with Crippen molar-refractivity contribution in [1.82, 2.24) is 14.8 Å². The summed E-state index contributed by atoms with van der Waals surface area (Å²) < 4.78 is 27.7. The second kappa shape index (κ2) is 5.49. The molecule has 0 fully saturated rings. The first-order chi connectivity index (χ1) is 9.46. The molecular formula is C12H17N5O2S. The fourth-order valence-electron chi connectivity index (χ4n) is 1.77. The highest BCUT2D eigenvalue weighted by Gasteiger charge is 2.27. The SMILES string of the molecule is CCCn1cc(S(=O)(=O)N(C)c2ccccn2)c(N)n1. The van der Waals surface area contributed by atoms with Gasteiger partial charge in [0.1, 0.15) is 10.7 Å². The molecule has 0 aliphatic rings. The van der Waals surface area contributed by atoms with Gasteiger partial charge in [0.25, 0.3) is 10.0 Å². The lowest BCUT2D eigenvalue weighted by Crippen LogP contribution is -2.27. The van der Waals surface area contributed by atoms with E-state index in [1.807, 2.05) is 6.92 Å². The van der Waals surface area contributed by atoms with E-state index in [0.717, 1.165) is 10.7 Å². The van der Waals surface area contributed by atoms with Gasteiger partial charge < -0.3 is 5.73 Å². The van der Waals surface area contributed by atoms with Crippen molar-refractivity contribution < 1.29 is 8.42 Å².